The minimum absolute atomic E-state index is 0.274. The number of nitrogens with one attached hydrogen (secondary N) is 1. The van der Waals surface area contributed by atoms with Gasteiger partial charge in [-0.3, -0.25) is 4.98 Å². The lowest BCUT2D eigenvalue weighted by molar-refractivity contribution is 0.637. The third-order valence-electron chi connectivity index (χ3n) is 4.64. The maximum absolute atomic E-state index is 13.9. The van der Waals surface area contributed by atoms with E-state index in [9.17, 15) is 4.39 Å². The average molecular weight is 321 g/mol. The monoisotopic (exact) mass is 321 g/mol. The van der Waals surface area contributed by atoms with Crippen molar-refractivity contribution in [3.63, 3.8) is 0 Å². The fraction of sp³-hybridized carbons (Fsp3) is 0.250. The number of hydrogen-bond acceptors (Lipinski definition) is 3. The molecule has 1 fully saturated rings. The quantitative estimate of drug-likeness (QED) is 0.776. The minimum atomic E-state index is -0.274. The number of aromatic nitrogens is 1. The van der Waals surface area contributed by atoms with Crippen LogP contribution in [0.5, 0.6) is 0 Å². The van der Waals surface area contributed by atoms with Crippen LogP contribution in [-0.2, 0) is 0 Å². The second-order valence-electron chi connectivity index (χ2n) is 6.41. The molecule has 0 aliphatic carbocycles. The summed E-state index contributed by atoms with van der Waals surface area (Å²) in [5, 5.41) is 4.42. The molecule has 0 saturated carbocycles. The summed E-state index contributed by atoms with van der Waals surface area (Å²) in [5.74, 6) is -0.274. The summed E-state index contributed by atoms with van der Waals surface area (Å²) < 4.78 is 13.9. The average Bonchev–Trinajstić information content (AvgIpc) is 3.05. The molecule has 24 heavy (non-hydrogen) atoms. The Kier molecular flexibility index (Phi) is 3.81. The van der Waals surface area contributed by atoms with Crippen molar-refractivity contribution in [3.05, 3.63) is 66.1 Å². The summed E-state index contributed by atoms with van der Waals surface area (Å²) in [6.45, 7) is 4.09. The van der Waals surface area contributed by atoms with Gasteiger partial charge < -0.3 is 10.2 Å². The van der Waals surface area contributed by atoms with Crippen molar-refractivity contribution in [2.75, 3.05) is 23.3 Å². The second kappa shape index (κ2) is 6.11. The summed E-state index contributed by atoms with van der Waals surface area (Å²) in [6.07, 6.45) is 2.73. The van der Waals surface area contributed by atoms with Crippen LogP contribution in [0.25, 0.3) is 10.9 Å². The van der Waals surface area contributed by atoms with E-state index in [1.54, 1.807) is 12.3 Å². The number of aryl methyl sites for hydroxylation is 1. The highest BCUT2D eigenvalue weighted by Crippen LogP contribution is 2.27. The van der Waals surface area contributed by atoms with Crippen LogP contribution in [-0.4, -0.2) is 24.1 Å². The van der Waals surface area contributed by atoms with Crippen LogP contribution in [0.3, 0.4) is 0 Å². The van der Waals surface area contributed by atoms with Crippen LogP contribution in [0.2, 0.25) is 0 Å². The van der Waals surface area contributed by atoms with Gasteiger partial charge in [-0.05, 0) is 43.2 Å². The second-order valence-corrected chi connectivity index (χ2v) is 6.41. The number of nitrogens with zero attached hydrogens (tertiary/aromatic N) is 2. The number of pyridine rings is 1. The third-order valence-corrected chi connectivity index (χ3v) is 4.64. The van der Waals surface area contributed by atoms with Crippen molar-refractivity contribution >= 4 is 22.3 Å². The Morgan fingerprint density at radius 3 is 2.92 bits per heavy atom. The first kappa shape index (κ1) is 14.9. The molecule has 1 atom stereocenters. The first-order chi connectivity index (χ1) is 11.7. The lowest BCUT2D eigenvalue weighted by atomic mass is 10.1. The van der Waals surface area contributed by atoms with E-state index in [0.717, 1.165) is 30.6 Å². The summed E-state index contributed by atoms with van der Waals surface area (Å²) >= 11 is 0. The summed E-state index contributed by atoms with van der Waals surface area (Å²) in [4.78, 5) is 6.56. The maximum atomic E-state index is 13.9. The summed E-state index contributed by atoms with van der Waals surface area (Å²) in [5.41, 5.74) is 3.93. The van der Waals surface area contributed by atoms with Crippen LogP contribution < -0.4 is 10.2 Å². The normalized spacial score (nSPS) is 17.4. The maximum Gasteiger partial charge on any atom is 0.149 e. The zero-order valence-corrected chi connectivity index (χ0v) is 13.7. The Morgan fingerprint density at radius 2 is 2.04 bits per heavy atom. The standard InChI is InChI=1S/C20H20FN3/c1-14-4-2-5-16(12-14)24-11-9-15(13-24)23-19-8-10-22-20-17(19)6-3-7-18(20)21/h2-8,10,12,15H,9,11,13H2,1H3,(H,22,23). The molecule has 0 bridgehead atoms. The molecule has 4 heteroatoms. The largest absolute Gasteiger partial charge is 0.380 e. The van der Waals surface area contributed by atoms with Crippen LogP contribution >= 0.6 is 0 Å². The molecule has 1 aliphatic rings. The Labute approximate surface area is 141 Å². The molecule has 0 amide bonds. The van der Waals surface area contributed by atoms with E-state index in [1.807, 2.05) is 12.1 Å². The van der Waals surface area contributed by atoms with E-state index in [4.69, 9.17) is 0 Å². The molecule has 122 valence electrons. The first-order valence-corrected chi connectivity index (χ1v) is 8.32. The predicted octanol–water partition coefficient (Wildman–Crippen LogP) is 4.37. The van der Waals surface area contributed by atoms with Crippen molar-refractivity contribution in [2.45, 2.75) is 19.4 Å². The molecule has 2 aromatic carbocycles. The van der Waals surface area contributed by atoms with Crippen LogP contribution in [0, 0.1) is 12.7 Å². The molecule has 3 nitrogen and oxygen atoms in total. The molecule has 2 heterocycles. The highest BCUT2D eigenvalue weighted by Gasteiger charge is 2.23. The van der Waals surface area contributed by atoms with Gasteiger partial charge in [-0.15, -0.1) is 0 Å². The topological polar surface area (TPSA) is 28.2 Å². The van der Waals surface area contributed by atoms with E-state index in [2.05, 4.69) is 46.4 Å². The molecule has 1 aromatic heterocycles. The van der Waals surface area contributed by atoms with Gasteiger partial charge in [0.05, 0.1) is 0 Å². The molecule has 0 radical (unpaired) electrons. The first-order valence-electron chi connectivity index (χ1n) is 8.32. The smallest absolute Gasteiger partial charge is 0.149 e. The van der Waals surface area contributed by atoms with Gasteiger partial charge in [-0.2, -0.15) is 0 Å². The van der Waals surface area contributed by atoms with Crippen molar-refractivity contribution in [3.8, 4) is 0 Å². The number of para-hydroxylation sites is 1. The number of fused-ring (bicyclic) bond motifs is 1. The van der Waals surface area contributed by atoms with Crippen LogP contribution in [0.1, 0.15) is 12.0 Å². The zero-order valence-electron chi connectivity index (χ0n) is 13.7. The molecule has 1 N–H and O–H groups in total. The molecule has 3 aromatic rings. The lowest BCUT2D eigenvalue weighted by Gasteiger charge is -2.20. The van der Waals surface area contributed by atoms with E-state index >= 15 is 0 Å². The number of rotatable bonds is 3. The summed E-state index contributed by atoms with van der Waals surface area (Å²) in [7, 11) is 0. The molecule has 0 spiro atoms. The Bertz CT molecular complexity index is 878. The Morgan fingerprint density at radius 1 is 1.17 bits per heavy atom. The fourth-order valence-corrected chi connectivity index (χ4v) is 3.42. The lowest BCUT2D eigenvalue weighted by Crippen LogP contribution is -2.26. The van der Waals surface area contributed by atoms with Crippen LogP contribution in [0.15, 0.2) is 54.7 Å². The fourth-order valence-electron chi connectivity index (χ4n) is 3.42. The van der Waals surface area contributed by atoms with Gasteiger partial charge in [0.1, 0.15) is 11.3 Å². The van der Waals surface area contributed by atoms with E-state index in [-0.39, 0.29) is 5.82 Å². The van der Waals surface area contributed by atoms with Gasteiger partial charge in [0, 0.05) is 42.1 Å². The Hall–Kier alpha value is -2.62. The predicted molar refractivity (Wildman–Crippen MR) is 97.1 cm³/mol. The molecular weight excluding hydrogens is 301 g/mol. The van der Waals surface area contributed by atoms with Gasteiger partial charge in [0.15, 0.2) is 0 Å². The highest BCUT2D eigenvalue weighted by molar-refractivity contribution is 5.91. The number of benzene rings is 2. The molecule has 4 rings (SSSR count). The molecule has 1 aliphatic heterocycles. The van der Waals surface area contributed by atoms with E-state index in [0.29, 0.717) is 11.6 Å². The van der Waals surface area contributed by atoms with Gasteiger partial charge in [-0.25, -0.2) is 4.39 Å². The van der Waals surface area contributed by atoms with Crippen molar-refractivity contribution in [1.29, 1.82) is 0 Å². The molecule has 1 unspecified atom stereocenters. The van der Waals surface area contributed by atoms with E-state index < -0.39 is 0 Å². The van der Waals surface area contributed by atoms with Crippen molar-refractivity contribution in [1.82, 2.24) is 4.98 Å². The van der Waals surface area contributed by atoms with E-state index in [1.165, 1.54) is 17.3 Å². The minimum Gasteiger partial charge on any atom is -0.380 e. The van der Waals surface area contributed by atoms with Crippen molar-refractivity contribution < 1.29 is 4.39 Å². The molecular formula is C20H20FN3. The van der Waals surface area contributed by atoms with Crippen LogP contribution in [0.4, 0.5) is 15.8 Å². The van der Waals surface area contributed by atoms with Gasteiger partial charge >= 0.3 is 0 Å². The number of hydrogen-bond donors (Lipinski definition) is 1. The molecule has 1 saturated heterocycles. The Balaban J connectivity index is 1.54. The van der Waals surface area contributed by atoms with Crippen molar-refractivity contribution in [2.24, 2.45) is 0 Å². The van der Waals surface area contributed by atoms with Gasteiger partial charge in [0.25, 0.3) is 0 Å². The van der Waals surface area contributed by atoms with Gasteiger partial charge in [-0.1, -0.05) is 24.3 Å². The SMILES string of the molecule is Cc1cccc(N2CCC(Nc3ccnc4c(F)cccc34)C2)c1. The number of anilines is 2. The zero-order chi connectivity index (χ0) is 16.5. The number of halogens is 1. The summed E-state index contributed by atoms with van der Waals surface area (Å²) in [6, 6.07) is 16.0. The third kappa shape index (κ3) is 2.80. The highest BCUT2D eigenvalue weighted by atomic mass is 19.1. The van der Waals surface area contributed by atoms with Gasteiger partial charge in [0.2, 0.25) is 0 Å².